The van der Waals surface area contributed by atoms with Crippen molar-refractivity contribution in [2.45, 2.75) is 10.8 Å². The number of aromatic nitrogens is 2. The van der Waals surface area contributed by atoms with Gasteiger partial charge in [-0.3, -0.25) is 9.48 Å². The number of ether oxygens (including phenoxy) is 1. The molecule has 0 spiro atoms. The predicted molar refractivity (Wildman–Crippen MR) is 100 cm³/mol. The largest absolute Gasteiger partial charge is 0.492 e. The third-order valence-corrected chi connectivity index (χ3v) is 5.75. The average molecular weight is 392 g/mol. The van der Waals surface area contributed by atoms with Gasteiger partial charge in [-0.1, -0.05) is 0 Å². The van der Waals surface area contributed by atoms with E-state index < -0.39 is 9.84 Å². The Kier molecular flexibility index (Phi) is 5.81. The summed E-state index contributed by atoms with van der Waals surface area (Å²) in [5, 5.41) is 10.4. The van der Waals surface area contributed by atoms with E-state index in [-0.39, 0.29) is 22.6 Å². The van der Waals surface area contributed by atoms with E-state index >= 15 is 0 Å². The third-order valence-electron chi connectivity index (χ3n) is 4.63. The van der Waals surface area contributed by atoms with Crippen molar-refractivity contribution >= 4 is 15.7 Å². The molecule has 2 aromatic rings. The van der Waals surface area contributed by atoms with Gasteiger partial charge in [0.15, 0.2) is 9.84 Å². The van der Waals surface area contributed by atoms with Gasteiger partial charge in [0.1, 0.15) is 12.4 Å². The number of benzene rings is 1. The number of aryl methyl sites for hydroxylation is 1. The van der Waals surface area contributed by atoms with Gasteiger partial charge in [-0.25, -0.2) is 8.42 Å². The van der Waals surface area contributed by atoms with E-state index in [1.165, 1.54) is 12.1 Å². The Labute approximate surface area is 158 Å². The molecule has 1 aromatic carbocycles. The van der Waals surface area contributed by atoms with Crippen LogP contribution in [0.1, 0.15) is 11.5 Å². The van der Waals surface area contributed by atoms with Gasteiger partial charge >= 0.3 is 0 Å². The first-order valence-corrected chi connectivity index (χ1v) is 10.6. The molecule has 9 heteroatoms. The molecule has 2 atom stereocenters. The summed E-state index contributed by atoms with van der Waals surface area (Å²) in [4.78, 5) is 12.8. The summed E-state index contributed by atoms with van der Waals surface area (Å²) in [5.41, 5.74) is 1.06. The van der Waals surface area contributed by atoms with Crippen LogP contribution < -0.4 is 15.4 Å². The van der Waals surface area contributed by atoms with Gasteiger partial charge in [0.05, 0.1) is 23.6 Å². The Hall–Kier alpha value is -2.39. The molecule has 0 radical (unpaired) electrons. The molecule has 1 aromatic heterocycles. The highest BCUT2D eigenvalue weighted by molar-refractivity contribution is 7.90. The monoisotopic (exact) mass is 392 g/mol. The van der Waals surface area contributed by atoms with E-state index in [1.54, 1.807) is 23.0 Å². The van der Waals surface area contributed by atoms with E-state index in [4.69, 9.17) is 4.74 Å². The maximum absolute atomic E-state index is 12.5. The number of nitrogens with zero attached hydrogens (tertiary/aromatic N) is 2. The van der Waals surface area contributed by atoms with Gasteiger partial charge in [-0.15, -0.1) is 0 Å². The topological polar surface area (TPSA) is 102 Å². The van der Waals surface area contributed by atoms with Crippen LogP contribution in [0.25, 0.3) is 0 Å². The van der Waals surface area contributed by atoms with Crippen LogP contribution in [-0.4, -0.2) is 56.6 Å². The van der Waals surface area contributed by atoms with Crippen molar-refractivity contribution in [2.24, 2.45) is 13.0 Å². The summed E-state index contributed by atoms with van der Waals surface area (Å²) < 4.78 is 30.2. The van der Waals surface area contributed by atoms with Crippen LogP contribution in [0.4, 0.5) is 0 Å². The number of hydrogen-bond acceptors (Lipinski definition) is 6. The summed E-state index contributed by atoms with van der Waals surface area (Å²) in [7, 11) is -1.35. The zero-order valence-electron chi connectivity index (χ0n) is 15.4. The third kappa shape index (κ3) is 4.86. The molecule has 1 aliphatic heterocycles. The van der Waals surface area contributed by atoms with Crippen molar-refractivity contribution < 1.29 is 17.9 Å². The van der Waals surface area contributed by atoms with Crippen molar-refractivity contribution in [1.82, 2.24) is 20.4 Å². The molecule has 3 rings (SSSR count). The average Bonchev–Trinajstić information content (AvgIpc) is 3.27. The minimum absolute atomic E-state index is 0.00937. The second-order valence-electron chi connectivity index (χ2n) is 6.70. The Morgan fingerprint density at radius 2 is 2.07 bits per heavy atom. The summed E-state index contributed by atoms with van der Waals surface area (Å²) in [6.45, 7) is 2.08. The second kappa shape index (κ2) is 8.10. The van der Waals surface area contributed by atoms with Gasteiger partial charge in [0, 0.05) is 38.5 Å². The molecule has 0 bridgehead atoms. The molecule has 27 heavy (non-hydrogen) atoms. The van der Waals surface area contributed by atoms with Gasteiger partial charge < -0.3 is 15.4 Å². The minimum Gasteiger partial charge on any atom is -0.492 e. The van der Waals surface area contributed by atoms with Crippen molar-refractivity contribution in [3.8, 4) is 5.75 Å². The van der Waals surface area contributed by atoms with Crippen LogP contribution in [0.15, 0.2) is 41.6 Å². The zero-order valence-corrected chi connectivity index (χ0v) is 16.2. The van der Waals surface area contributed by atoms with Gasteiger partial charge in [-0.2, -0.15) is 5.10 Å². The van der Waals surface area contributed by atoms with Crippen molar-refractivity contribution in [3.63, 3.8) is 0 Å². The maximum atomic E-state index is 12.5. The number of carbonyl (C=O) groups is 1. The molecule has 1 aliphatic rings. The highest BCUT2D eigenvalue weighted by atomic mass is 32.2. The van der Waals surface area contributed by atoms with Crippen LogP contribution in [0.5, 0.6) is 5.75 Å². The number of amides is 1. The second-order valence-corrected chi connectivity index (χ2v) is 8.72. The molecule has 2 heterocycles. The van der Waals surface area contributed by atoms with Crippen LogP contribution >= 0.6 is 0 Å². The summed E-state index contributed by atoms with van der Waals surface area (Å²) in [5.74, 6) is 0.531. The quantitative estimate of drug-likeness (QED) is 0.658. The lowest BCUT2D eigenvalue weighted by Crippen LogP contribution is -2.36. The minimum atomic E-state index is -3.22. The van der Waals surface area contributed by atoms with Crippen LogP contribution in [0, 0.1) is 5.92 Å². The molecule has 1 fully saturated rings. The van der Waals surface area contributed by atoms with Gasteiger partial charge in [0.25, 0.3) is 0 Å². The fourth-order valence-electron chi connectivity index (χ4n) is 3.19. The molecule has 0 unspecified atom stereocenters. The predicted octanol–water partition coefficient (Wildman–Crippen LogP) is 0.322. The lowest BCUT2D eigenvalue weighted by molar-refractivity contribution is -0.124. The SMILES string of the molecule is Cn1cc([C@H]2CNC[C@@H]2C(=O)NCCOc2ccc(S(C)(=O)=O)cc2)cn1. The molecule has 1 amide bonds. The number of carbonyl (C=O) groups excluding carboxylic acids is 1. The smallest absolute Gasteiger partial charge is 0.225 e. The van der Waals surface area contributed by atoms with E-state index in [2.05, 4.69) is 15.7 Å². The van der Waals surface area contributed by atoms with E-state index in [0.29, 0.717) is 25.4 Å². The van der Waals surface area contributed by atoms with Crippen molar-refractivity contribution in [3.05, 3.63) is 42.2 Å². The molecule has 2 N–H and O–H groups in total. The number of nitrogens with one attached hydrogen (secondary N) is 2. The molecule has 0 saturated carbocycles. The van der Waals surface area contributed by atoms with E-state index in [1.807, 2.05) is 13.2 Å². The first-order valence-electron chi connectivity index (χ1n) is 8.74. The Balaban J connectivity index is 1.47. The van der Waals surface area contributed by atoms with Crippen molar-refractivity contribution in [1.29, 1.82) is 0 Å². The van der Waals surface area contributed by atoms with Crippen LogP contribution in [0.3, 0.4) is 0 Å². The summed E-state index contributed by atoms with van der Waals surface area (Å²) in [6.07, 6.45) is 4.91. The first-order chi connectivity index (χ1) is 12.8. The fraction of sp³-hybridized carbons (Fsp3) is 0.444. The lowest BCUT2D eigenvalue weighted by atomic mass is 9.90. The molecule has 1 saturated heterocycles. The molecule has 8 nitrogen and oxygen atoms in total. The Morgan fingerprint density at radius 3 is 2.70 bits per heavy atom. The normalized spacial score (nSPS) is 19.8. The Bertz CT molecular complexity index is 892. The lowest BCUT2D eigenvalue weighted by Gasteiger charge is -2.17. The number of sulfone groups is 1. The Morgan fingerprint density at radius 1 is 1.33 bits per heavy atom. The molecular weight excluding hydrogens is 368 g/mol. The molecule has 146 valence electrons. The zero-order chi connectivity index (χ0) is 19.4. The summed E-state index contributed by atoms with van der Waals surface area (Å²) in [6, 6.07) is 6.23. The van der Waals surface area contributed by atoms with Crippen molar-refractivity contribution in [2.75, 3.05) is 32.5 Å². The van der Waals surface area contributed by atoms with Crippen LogP contribution in [0.2, 0.25) is 0 Å². The molecular formula is C18H24N4O4S. The van der Waals surface area contributed by atoms with Gasteiger partial charge in [0.2, 0.25) is 5.91 Å². The first kappa shape index (κ1) is 19.4. The number of rotatable bonds is 7. The van der Waals surface area contributed by atoms with Crippen LogP contribution in [-0.2, 0) is 21.7 Å². The fourth-order valence-corrected chi connectivity index (χ4v) is 3.82. The standard InChI is InChI=1S/C18H24N4O4S/c1-22-12-13(9-21-22)16-10-19-11-17(16)18(23)20-7-8-26-14-3-5-15(6-4-14)27(2,24)25/h3-6,9,12,16-17,19H,7-8,10-11H2,1-2H3,(H,20,23)/t16-,17+/m1/s1. The highest BCUT2D eigenvalue weighted by Gasteiger charge is 2.34. The van der Waals surface area contributed by atoms with E-state index in [0.717, 1.165) is 18.4 Å². The highest BCUT2D eigenvalue weighted by Crippen LogP contribution is 2.27. The maximum Gasteiger partial charge on any atom is 0.225 e. The van der Waals surface area contributed by atoms with Gasteiger partial charge in [-0.05, 0) is 29.8 Å². The number of hydrogen-bond donors (Lipinski definition) is 2. The summed E-state index contributed by atoms with van der Waals surface area (Å²) >= 11 is 0. The van der Waals surface area contributed by atoms with E-state index in [9.17, 15) is 13.2 Å². The molecule has 0 aliphatic carbocycles.